The maximum absolute atomic E-state index is 12.0. The number of amides is 1. The number of carbonyl (C=O) groups is 1. The number of rotatable bonds is 2. The number of aromatic nitrogens is 2. The summed E-state index contributed by atoms with van der Waals surface area (Å²) in [5.41, 5.74) is 0. The van der Waals surface area contributed by atoms with Crippen molar-refractivity contribution in [2.45, 2.75) is 32.6 Å². The van der Waals surface area contributed by atoms with Gasteiger partial charge >= 0.3 is 0 Å². The third kappa shape index (κ3) is 3.49. The van der Waals surface area contributed by atoms with Crippen molar-refractivity contribution >= 4 is 27.7 Å². The average molecular weight is 298 g/mol. The number of hydrogen-bond acceptors (Lipinski definition) is 3. The molecule has 0 unspecified atom stereocenters. The molecule has 1 heterocycles. The number of carbonyl (C=O) groups excluding carboxylic acids is 1. The van der Waals surface area contributed by atoms with E-state index >= 15 is 0 Å². The molecule has 0 aromatic carbocycles. The predicted octanol–water partition coefficient (Wildman–Crippen LogP) is 3.00. The van der Waals surface area contributed by atoms with Gasteiger partial charge in [-0.2, -0.15) is 0 Å². The van der Waals surface area contributed by atoms with Crippen LogP contribution in [0.3, 0.4) is 0 Å². The Hall–Kier alpha value is -0.970. The van der Waals surface area contributed by atoms with Crippen LogP contribution >= 0.6 is 15.9 Å². The standard InChI is InChI=1S/C12H16BrN3O/c1-8-2-4-9(5-3-8)12(17)16-11-7-14-10(13)6-15-11/h6-9H,2-5H2,1H3,(H,15,16,17). The molecule has 92 valence electrons. The van der Waals surface area contributed by atoms with Gasteiger partial charge in [-0.15, -0.1) is 0 Å². The Kier molecular flexibility index (Phi) is 4.10. The molecule has 1 N–H and O–H groups in total. The van der Waals surface area contributed by atoms with Crippen LogP contribution in [0.1, 0.15) is 32.6 Å². The van der Waals surface area contributed by atoms with Gasteiger partial charge in [0, 0.05) is 5.92 Å². The molecule has 1 aromatic heterocycles. The minimum atomic E-state index is 0.0773. The van der Waals surface area contributed by atoms with E-state index in [1.54, 1.807) is 12.4 Å². The lowest BCUT2D eigenvalue weighted by Gasteiger charge is -2.24. The van der Waals surface area contributed by atoms with Crippen LogP contribution in [0.4, 0.5) is 5.82 Å². The van der Waals surface area contributed by atoms with Crippen LogP contribution in [0.2, 0.25) is 0 Å². The zero-order valence-corrected chi connectivity index (χ0v) is 11.4. The summed E-state index contributed by atoms with van der Waals surface area (Å²) in [5.74, 6) is 1.49. The molecule has 0 saturated heterocycles. The molecular weight excluding hydrogens is 282 g/mol. The lowest BCUT2D eigenvalue weighted by atomic mass is 9.82. The van der Waals surface area contributed by atoms with Gasteiger partial charge in [0.2, 0.25) is 5.91 Å². The number of hydrogen-bond donors (Lipinski definition) is 1. The topological polar surface area (TPSA) is 54.9 Å². The van der Waals surface area contributed by atoms with Crippen LogP contribution in [0.15, 0.2) is 17.0 Å². The van der Waals surface area contributed by atoms with Gasteiger partial charge < -0.3 is 5.32 Å². The maximum atomic E-state index is 12.0. The van der Waals surface area contributed by atoms with Crippen LogP contribution < -0.4 is 5.32 Å². The van der Waals surface area contributed by atoms with Gasteiger partial charge in [-0.05, 0) is 47.5 Å². The molecule has 1 aliphatic carbocycles. The first-order valence-electron chi connectivity index (χ1n) is 5.93. The normalized spacial score (nSPS) is 24.4. The molecule has 0 bridgehead atoms. The Bertz CT molecular complexity index is 385. The lowest BCUT2D eigenvalue weighted by molar-refractivity contribution is -0.121. The number of nitrogens with one attached hydrogen (secondary N) is 1. The fourth-order valence-corrected chi connectivity index (χ4v) is 2.33. The van der Waals surface area contributed by atoms with Crippen molar-refractivity contribution < 1.29 is 4.79 Å². The Labute approximate surface area is 109 Å². The number of halogens is 1. The monoisotopic (exact) mass is 297 g/mol. The van der Waals surface area contributed by atoms with Crippen molar-refractivity contribution in [3.63, 3.8) is 0 Å². The molecule has 4 nitrogen and oxygen atoms in total. The first-order chi connectivity index (χ1) is 8.15. The molecule has 1 amide bonds. The maximum Gasteiger partial charge on any atom is 0.228 e. The first kappa shape index (κ1) is 12.5. The van der Waals surface area contributed by atoms with Crippen LogP contribution in [-0.2, 0) is 4.79 Å². The predicted molar refractivity (Wildman–Crippen MR) is 69.5 cm³/mol. The Morgan fingerprint density at radius 2 is 2.00 bits per heavy atom. The molecule has 2 rings (SSSR count). The minimum Gasteiger partial charge on any atom is -0.309 e. The van der Waals surface area contributed by atoms with Crippen molar-refractivity contribution in [2.24, 2.45) is 11.8 Å². The quantitative estimate of drug-likeness (QED) is 0.913. The van der Waals surface area contributed by atoms with Gasteiger partial charge in [0.1, 0.15) is 4.60 Å². The summed E-state index contributed by atoms with van der Waals surface area (Å²) in [6.45, 7) is 2.24. The van der Waals surface area contributed by atoms with Gasteiger partial charge in [-0.3, -0.25) is 4.79 Å². The third-order valence-electron chi connectivity index (χ3n) is 3.26. The van der Waals surface area contributed by atoms with Gasteiger partial charge in [-0.25, -0.2) is 9.97 Å². The van der Waals surface area contributed by atoms with E-state index in [0.717, 1.165) is 31.6 Å². The van der Waals surface area contributed by atoms with Crippen molar-refractivity contribution in [1.82, 2.24) is 9.97 Å². The molecule has 0 aliphatic heterocycles. The molecule has 1 aromatic rings. The van der Waals surface area contributed by atoms with E-state index in [9.17, 15) is 4.79 Å². The Balaban J connectivity index is 1.90. The van der Waals surface area contributed by atoms with Crippen molar-refractivity contribution in [2.75, 3.05) is 5.32 Å². The van der Waals surface area contributed by atoms with Gasteiger partial charge in [0.25, 0.3) is 0 Å². The minimum absolute atomic E-state index is 0.0773. The van der Waals surface area contributed by atoms with E-state index in [-0.39, 0.29) is 11.8 Å². The van der Waals surface area contributed by atoms with Gasteiger partial charge in [0.15, 0.2) is 5.82 Å². The molecular formula is C12H16BrN3O. The van der Waals surface area contributed by atoms with Crippen LogP contribution in [-0.4, -0.2) is 15.9 Å². The van der Waals surface area contributed by atoms with E-state index in [1.807, 2.05) is 0 Å². The molecule has 5 heteroatoms. The average Bonchev–Trinajstić information content (AvgIpc) is 2.33. The highest BCUT2D eigenvalue weighted by Crippen LogP contribution is 2.28. The Morgan fingerprint density at radius 1 is 1.29 bits per heavy atom. The summed E-state index contributed by atoms with van der Waals surface area (Å²) in [6.07, 6.45) is 7.40. The molecule has 1 fully saturated rings. The van der Waals surface area contributed by atoms with Crippen molar-refractivity contribution in [1.29, 1.82) is 0 Å². The van der Waals surface area contributed by atoms with Crippen molar-refractivity contribution in [3.8, 4) is 0 Å². The first-order valence-corrected chi connectivity index (χ1v) is 6.73. The smallest absolute Gasteiger partial charge is 0.228 e. The van der Waals surface area contributed by atoms with Crippen molar-refractivity contribution in [3.05, 3.63) is 17.0 Å². The van der Waals surface area contributed by atoms with Crippen LogP contribution in [0.25, 0.3) is 0 Å². The summed E-state index contributed by atoms with van der Waals surface area (Å²) in [7, 11) is 0. The van der Waals surface area contributed by atoms with Gasteiger partial charge in [-0.1, -0.05) is 6.92 Å². The second-order valence-electron chi connectivity index (χ2n) is 4.67. The fourth-order valence-electron chi connectivity index (χ4n) is 2.13. The number of anilines is 1. The highest BCUT2D eigenvalue weighted by molar-refractivity contribution is 9.10. The molecule has 0 spiro atoms. The summed E-state index contributed by atoms with van der Waals surface area (Å²) in [6, 6.07) is 0. The van der Waals surface area contributed by atoms with Gasteiger partial charge in [0.05, 0.1) is 12.4 Å². The molecule has 0 atom stereocenters. The second kappa shape index (κ2) is 5.58. The number of nitrogens with zero attached hydrogens (tertiary/aromatic N) is 2. The van der Waals surface area contributed by atoms with E-state index in [4.69, 9.17) is 0 Å². The van der Waals surface area contributed by atoms with E-state index < -0.39 is 0 Å². The van der Waals surface area contributed by atoms with E-state index in [2.05, 4.69) is 38.1 Å². The molecule has 17 heavy (non-hydrogen) atoms. The molecule has 1 aliphatic rings. The fraction of sp³-hybridized carbons (Fsp3) is 0.583. The zero-order chi connectivity index (χ0) is 12.3. The zero-order valence-electron chi connectivity index (χ0n) is 9.82. The third-order valence-corrected chi connectivity index (χ3v) is 3.67. The summed E-state index contributed by atoms with van der Waals surface area (Å²) in [5, 5.41) is 2.82. The summed E-state index contributed by atoms with van der Waals surface area (Å²) in [4.78, 5) is 20.1. The van der Waals surface area contributed by atoms with Crippen LogP contribution in [0.5, 0.6) is 0 Å². The highest BCUT2D eigenvalue weighted by atomic mass is 79.9. The largest absolute Gasteiger partial charge is 0.309 e. The summed E-state index contributed by atoms with van der Waals surface area (Å²) >= 11 is 3.21. The second-order valence-corrected chi connectivity index (χ2v) is 5.48. The SMILES string of the molecule is CC1CCC(C(=O)Nc2cnc(Br)cn2)CC1. The molecule has 0 radical (unpaired) electrons. The lowest BCUT2D eigenvalue weighted by Crippen LogP contribution is -2.27. The van der Waals surface area contributed by atoms with E-state index in [0.29, 0.717) is 10.4 Å². The van der Waals surface area contributed by atoms with Crippen LogP contribution in [0, 0.1) is 11.8 Å². The van der Waals surface area contributed by atoms with E-state index in [1.165, 1.54) is 0 Å². The molecule has 1 saturated carbocycles. The summed E-state index contributed by atoms with van der Waals surface area (Å²) < 4.78 is 0.669. The Morgan fingerprint density at radius 3 is 2.59 bits per heavy atom. The highest BCUT2D eigenvalue weighted by Gasteiger charge is 2.24.